The van der Waals surface area contributed by atoms with Crippen molar-refractivity contribution in [3.63, 3.8) is 0 Å². The molecule has 2 N–H and O–H groups in total. The average Bonchev–Trinajstić information content (AvgIpc) is 2.87. The van der Waals surface area contributed by atoms with E-state index in [4.69, 9.17) is 5.84 Å². The van der Waals surface area contributed by atoms with E-state index in [1.165, 1.54) is 18.3 Å². The molecule has 104 valence electrons. The summed E-state index contributed by atoms with van der Waals surface area (Å²) in [5.74, 6) is 5.80. The number of imidazole rings is 1. The lowest BCUT2D eigenvalue weighted by Crippen LogP contribution is -1.91. The number of aromatic nitrogens is 2. The molecule has 7 heteroatoms. The van der Waals surface area contributed by atoms with Gasteiger partial charge in [0, 0.05) is 23.9 Å². The summed E-state index contributed by atoms with van der Waals surface area (Å²) < 4.78 is 1.84. The molecule has 0 atom stereocenters. The van der Waals surface area contributed by atoms with Crippen molar-refractivity contribution in [1.82, 2.24) is 9.38 Å². The van der Waals surface area contributed by atoms with Crippen LogP contribution in [0.4, 0.5) is 5.69 Å². The highest BCUT2D eigenvalue weighted by Gasteiger charge is 2.13. The van der Waals surface area contributed by atoms with Gasteiger partial charge in [-0.1, -0.05) is 18.2 Å². The number of nitro benzene ring substituents is 1. The van der Waals surface area contributed by atoms with Crippen molar-refractivity contribution in [1.29, 1.82) is 0 Å². The lowest BCUT2D eigenvalue weighted by Gasteiger charge is -2.00. The van der Waals surface area contributed by atoms with Gasteiger partial charge in [-0.05, 0) is 12.1 Å². The number of fused-ring (bicyclic) bond motifs is 1. The second-order valence-corrected chi connectivity index (χ2v) is 4.36. The van der Waals surface area contributed by atoms with E-state index >= 15 is 0 Å². The Kier molecular flexibility index (Phi) is 3.07. The summed E-state index contributed by atoms with van der Waals surface area (Å²) in [5, 5.41) is 14.4. The van der Waals surface area contributed by atoms with Gasteiger partial charge in [0.15, 0.2) is 0 Å². The molecule has 0 radical (unpaired) electrons. The molecule has 0 aliphatic carbocycles. The van der Waals surface area contributed by atoms with Crippen LogP contribution in [0.15, 0.2) is 53.8 Å². The van der Waals surface area contributed by atoms with Crippen molar-refractivity contribution in [3.05, 3.63) is 64.5 Å². The summed E-state index contributed by atoms with van der Waals surface area (Å²) in [6.45, 7) is 0. The lowest BCUT2D eigenvalue weighted by molar-refractivity contribution is -0.384. The van der Waals surface area contributed by atoms with Crippen LogP contribution in [0, 0.1) is 10.1 Å². The summed E-state index contributed by atoms with van der Waals surface area (Å²) >= 11 is 0. The van der Waals surface area contributed by atoms with Gasteiger partial charge < -0.3 is 5.84 Å². The number of hydrazone groups is 1. The summed E-state index contributed by atoms with van der Waals surface area (Å²) in [6, 6.07) is 12.0. The Bertz CT molecular complexity index is 853. The number of benzene rings is 1. The van der Waals surface area contributed by atoms with Gasteiger partial charge in [0.1, 0.15) is 11.5 Å². The molecule has 0 saturated carbocycles. The van der Waals surface area contributed by atoms with Crippen LogP contribution in [0.5, 0.6) is 0 Å². The average molecular weight is 281 g/mol. The Morgan fingerprint density at radius 2 is 2.14 bits per heavy atom. The molecular weight excluding hydrogens is 270 g/mol. The highest BCUT2D eigenvalue weighted by Crippen LogP contribution is 2.25. The largest absolute Gasteiger partial charge is 0.323 e. The number of nitrogens with zero attached hydrogens (tertiary/aromatic N) is 4. The monoisotopic (exact) mass is 281 g/mol. The van der Waals surface area contributed by atoms with Crippen molar-refractivity contribution >= 4 is 17.4 Å². The summed E-state index contributed by atoms with van der Waals surface area (Å²) in [7, 11) is 0. The number of rotatable bonds is 3. The first-order valence-electron chi connectivity index (χ1n) is 6.16. The van der Waals surface area contributed by atoms with Crippen molar-refractivity contribution in [2.75, 3.05) is 0 Å². The molecule has 0 saturated heterocycles. The van der Waals surface area contributed by atoms with Gasteiger partial charge in [-0.3, -0.25) is 14.5 Å². The van der Waals surface area contributed by atoms with Crippen LogP contribution in [-0.2, 0) is 0 Å². The van der Waals surface area contributed by atoms with Crippen LogP contribution < -0.4 is 5.84 Å². The molecule has 0 aliphatic rings. The molecule has 0 bridgehead atoms. The molecule has 7 nitrogen and oxygen atoms in total. The Morgan fingerprint density at radius 1 is 1.29 bits per heavy atom. The van der Waals surface area contributed by atoms with E-state index in [0.717, 1.165) is 5.52 Å². The number of nitrogens with two attached hydrogens (primary N) is 1. The SMILES string of the molecule is NN=Cc1nc(-c2cccc([N+](=O)[O-])c2)n2ccccc12. The molecule has 0 spiro atoms. The summed E-state index contributed by atoms with van der Waals surface area (Å²) in [4.78, 5) is 14.9. The Morgan fingerprint density at radius 3 is 2.90 bits per heavy atom. The lowest BCUT2D eigenvalue weighted by atomic mass is 10.2. The fourth-order valence-electron chi connectivity index (χ4n) is 2.19. The Balaban J connectivity index is 2.25. The zero-order valence-electron chi connectivity index (χ0n) is 10.9. The molecule has 0 unspecified atom stereocenters. The van der Waals surface area contributed by atoms with Crippen LogP contribution in [0.25, 0.3) is 16.9 Å². The van der Waals surface area contributed by atoms with Crippen LogP contribution in [0.3, 0.4) is 0 Å². The van der Waals surface area contributed by atoms with Gasteiger partial charge in [-0.15, -0.1) is 0 Å². The van der Waals surface area contributed by atoms with Crippen molar-refractivity contribution in [2.45, 2.75) is 0 Å². The third-order valence-corrected chi connectivity index (χ3v) is 3.09. The maximum Gasteiger partial charge on any atom is 0.270 e. The molecule has 2 aromatic heterocycles. The van der Waals surface area contributed by atoms with Gasteiger partial charge in [0.05, 0.1) is 16.7 Å². The molecular formula is C14H11N5O2. The van der Waals surface area contributed by atoms with Crippen LogP contribution in [0.1, 0.15) is 5.69 Å². The van der Waals surface area contributed by atoms with E-state index in [0.29, 0.717) is 17.1 Å². The van der Waals surface area contributed by atoms with E-state index in [9.17, 15) is 10.1 Å². The molecule has 2 heterocycles. The fraction of sp³-hybridized carbons (Fsp3) is 0. The van der Waals surface area contributed by atoms with E-state index in [1.54, 1.807) is 12.1 Å². The predicted octanol–water partition coefficient (Wildman–Crippen LogP) is 2.20. The highest BCUT2D eigenvalue weighted by atomic mass is 16.6. The minimum Gasteiger partial charge on any atom is -0.323 e. The van der Waals surface area contributed by atoms with E-state index in [-0.39, 0.29) is 5.69 Å². The van der Waals surface area contributed by atoms with Crippen molar-refractivity contribution < 1.29 is 4.92 Å². The van der Waals surface area contributed by atoms with Crippen molar-refractivity contribution in [2.24, 2.45) is 10.9 Å². The standard InChI is InChI=1S/C14H11N5O2/c15-16-9-12-13-6-1-2-7-18(13)14(17-12)10-4-3-5-11(8-10)19(20)21/h1-9H,15H2. The van der Waals surface area contributed by atoms with Gasteiger partial charge >= 0.3 is 0 Å². The molecule has 0 amide bonds. The van der Waals surface area contributed by atoms with E-state index < -0.39 is 4.92 Å². The zero-order valence-corrected chi connectivity index (χ0v) is 10.9. The van der Waals surface area contributed by atoms with Gasteiger partial charge in [0.2, 0.25) is 0 Å². The number of non-ortho nitro benzene ring substituents is 1. The maximum absolute atomic E-state index is 10.9. The summed E-state index contributed by atoms with van der Waals surface area (Å²) in [5.41, 5.74) is 2.11. The second kappa shape index (κ2) is 5.04. The molecule has 21 heavy (non-hydrogen) atoms. The second-order valence-electron chi connectivity index (χ2n) is 4.36. The number of hydrogen-bond acceptors (Lipinski definition) is 5. The molecule has 0 fully saturated rings. The van der Waals surface area contributed by atoms with Crippen LogP contribution in [-0.4, -0.2) is 20.5 Å². The Hall–Kier alpha value is -3.22. The number of nitro groups is 1. The van der Waals surface area contributed by atoms with Crippen molar-refractivity contribution in [3.8, 4) is 11.4 Å². The van der Waals surface area contributed by atoms with Crippen LogP contribution >= 0.6 is 0 Å². The first-order valence-corrected chi connectivity index (χ1v) is 6.16. The van der Waals surface area contributed by atoms with Crippen LogP contribution in [0.2, 0.25) is 0 Å². The van der Waals surface area contributed by atoms with E-state index in [2.05, 4.69) is 10.1 Å². The molecule has 3 rings (SSSR count). The smallest absolute Gasteiger partial charge is 0.270 e. The third-order valence-electron chi connectivity index (χ3n) is 3.09. The number of pyridine rings is 1. The third kappa shape index (κ3) is 2.20. The molecule has 1 aromatic carbocycles. The minimum absolute atomic E-state index is 0.0224. The maximum atomic E-state index is 10.9. The first-order chi connectivity index (χ1) is 10.2. The zero-order chi connectivity index (χ0) is 14.8. The first kappa shape index (κ1) is 12.8. The molecule has 0 aliphatic heterocycles. The van der Waals surface area contributed by atoms with E-state index in [1.807, 2.05) is 28.8 Å². The quantitative estimate of drug-likeness (QED) is 0.344. The van der Waals surface area contributed by atoms with Gasteiger partial charge in [-0.2, -0.15) is 5.10 Å². The predicted molar refractivity (Wildman–Crippen MR) is 79.1 cm³/mol. The topological polar surface area (TPSA) is 98.8 Å². The molecule has 3 aromatic rings. The minimum atomic E-state index is -0.429. The highest BCUT2D eigenvalue weighted by molar-refractivity contribution is 5.89. The normalized spacial score (nSPS) is 11.2. The number of hydrogen-bond donors (Lipinski definition) is 1. The Labute approximate surface area is 119 Å². The van der Waals surface area contributed by atoms with Gasteiger partial charge in [0.25, 0.3) is 5.69 Å². The fourth-order valence-corrected chi connectivity index (χ4v) is 2.19. The van der Waals surface area contributed by atoms with Gasteiger partial charge in [-0.25, -0.2) is 4.98 Å². The summed E-state index contributed by atoms with van der Waals surface area (Å²) in [6.07, 6.45) is 3.29.